The molecule has 0 heterocycles. The third-order valence-corrected chi connectivity index (χ3v) is 3.30. The van der Waals surface area contributed by atoms with E-state index in [-0.39, 0.29) is 24.0 Å². The van der Waals surface area contributed by atoms with Gasteiger partial charge in [-0.15, -0.1) is 0 Å². The summed E-state index contributed by atoms with van der Waals surface area (Å²) < 4.78 is 40.0. The molecule has 4 heteroatoms. The van der Waals surface area contributed by atoms with E-state index in [1.54, 1.807) is 13.0 Å². The molecule has 2 rings (SSSR count). The van der Waals surface area contributed by atoms with Crippen LogP contribution < -0.4 is 5.32 Å². The minimum Gasteiger partial charge on any atom is -0.306 e. The van der Waals surface area contributed by atoms with E-state index in [1.165, 1.54) is 6.07 Å². The van der Waals surface area contributed by atoms with Crippen molar-refractivity contribution in [1.29, 1.82) is 0 Å². The average Bonchev–Trinajstić information content (AvgIpc) is 2.42. The number of hydrogen-bond donors (Lipinski definition) is 1. The Kier molecular flexibility index (Phi) is 4.45. The van der Waals surface area contributed by atoms with Crippen LogP contribution in [0.3, 0.4) is 0 Å². The van der Waals surface area contributed by atoms with Crippen molar-refractivity contribution in [3.8, 4) is 0 Å². The van der Waals surface area contributed by atoms with Gasteiger partial charge in [0.25, 0.3) is 0 Å². The maximum atomic E-state index is 13.5. The van der Waals surface area contributed by atoms with Crippen LogP contribution in [0.1, 0.15) is 29.7 Å². The van der Waals surface area contributed by atoms with E-state index in [9.17, 15) is 13.2 Å². The van der Waals surface area contributed by atoms with Crippen LogP contribution in [0.2, 0.25) is 0 Å². The molecule has 1 unspecified atom stereocenters. The molecule has 0 aliphatic heterocycles. The topological polar surface area (TPSA) is 12.0 Å². The highest BCUT2D eigenvalue weighted by Crippen LogP contribution is 2.17. The van der Waals surface area contributed by atoms with Crippen LogP contribution in [0.15, 0.2) is 36.4 Å². The highest BCUT2D eigenvalue weighted by Gasteiger charge is 2.09. The molecule has 0 radical (unpaired) electrons. The van der Waals surface area contributed by atoms with Gasteiger partial charge in [0, 0.05) is 18.2 Å². The Morgan fingerprint density at radius 1 is 1.00 bits per heavy atom. The highest BCUT2D eigenvalue weighted by molar-refractivity contribution is 5.26. The van der Waals surface area contributed by atoms with Crippen molar-refractivity contribution in [1.82, 2.24) is 5.32 Å². The molecule has 20 heavy (non-hydrogen) atoms. The molecule has 0 fully saturated rings. The minimum atomic E-state index is -0.475. The van der Waals surface area contributed by atoms with Gasteiger partial charge in [0.15, 0.2) is 0 Å². The quantitative estimate of drug-likeness (QED) is 0.881. The van der Waals surface area contributed by atoms with Crippen molar-refractivity contribution >= 4 is 0 Å². The van der Waals surface area contributed by atoms with Crippen LogP contribution in [0.5, 0.6) is 0 Å². The molecular weight excluding hydrogens is 263 g/mol. The summed E-state index contributed by atoms with van der Waals surface area (Å²) in [5.74, 6) is -1.20. The molecule has 0 saturated carbocycles. The molecule has 0 bridgehead atoms. The number of nitrogens with one attached hydrogen (secondary N) is 1. The Balaban J connectivity index is 2.06. The van der Waals surface area contributed by atoms with E-state index in [2.05, 4.69) is 5.32 Å². The molecule has 1 N–H and O–H groups in total. The Hall–Kier alpha value is -1.81. The third-order valence-electron chi connectivity index (χ3n) is 3.30. The van der Waals surface area contributed by atoms with Gasteiger partial charge >= 0.3 is 0 Å². The first-order valence-electron chi connectivity index (χ1n) is 6.40. The standard InChI is InChI=1S/C16H16F3N/c1-10-3-4-12(8-16(10)19)11(2)20-9-13-7-14(17)5-6-15(13)18/h3-8,11,20H,9H2,1-2H3. The largest absolute Gasteiger partial charge is 0.306 e. The molecule has 0 spiro atoms. The molecule has 2 aromatic carbocycles. The van der Waals surface area contributed by atoms with E-state index < -0.39 is 11.6 Å². The predicted octanol–water partition coefficient (Wildman–Crippen LogP) is 4.26. The summed E-state index contributed by atoms with van der Waals surface area (Å²) in [6, 6.07) is 8.15. The molecule has 2 aromatic rings. The lowest BCUT2D eigenvalue weighted by molar-refractivity contribution is 0.532. The lowest BCUT2D eigenvalue weighted by atomic mass is 10.1. The second-order valence-electron chi connectivity index (χ2n) is 4.85. The maximum absolute atomic E-state index is 13.5. The zero-order valence-electron chi connectivity index (χ0n) is 11.4. The van der Waals surface area contributed by atoms with E-state index in [0.29, 0.717) is 5.56 Å². The fourth-order valence-corrected chi connectivity index (χ4v) is 1.94. The lowest BCUT2D eigenvalue weighted by Gasteiger charge is -2.15. The van der Waals surface area contributed by atoms with Crippen LogP contribution in [-0.4, -0.2) is 0 Å². The van der Waals surface area contributed by atoms with Crippen molar-refractivity contribution < 1.29 is 13.2 Å². The van der Waals surface area contributed by atoms with Gasteiger partial charge in [-0.2, -0.15) is 0 Å². The number of aryl methyl sites for hydroxylation is 1. The molecule has 0 amide bonds. The maximum Gasteiger partial charge on any atom is 0.127 e. The Bertz CT molecular complexity index is 611. The van der Waals surface area contributed by atoms with Crippen LogP contribution in [0, 0.1) is 24.4 Å². The SMILES string of the molecule is Cc1ccc(C(C)NCc2cc(F)ccc2F)cc1F. The van der Waals surface area contributed by atoms with Crippen LogP contribution in [0.4, 0.5) is 13.2 Å². The van der Waals surface area contributed by atoms with E-state index in [1.807, 2.05) is 13.0 Å². The molecular formula is C16H16F3N. The van der Waals surface area contributed by atoms with E-state index in [0.717, 1.165) is 23.8 Å². The normalized spacial score (nSPS) is 12.4. The number of hydrogen-bond acceptors (Lipinski definition) is 1. The highest BCUT2D eigenvalue weighted by atomic mass is 19.1. The first-order valence-corrected chi connectivity index (χ1v) is 6.40. The summed E-state index contributed by atoms with van der Waals surface area (Å²) in [6.07, 6.45) is 0. The summed E-state index contributed by atoms with van der Waals surface area (Å²) in [4.78, 5) is 0. The first-order chi connectivity index (χ1) is 9.47. The fraction of sp³-hybridized carbons (Fsp3) is 0.250. The van der Waals surface area contributed by atoms with E-state index in [4.69, 9.17) is 0 Å². The second kappa shape index (κ2) is 6.09. The van der Waals surface area contributed by atoms with Crippen molar-refractivity contribution in [2.24, 2.45) is 0 Å². The van der Waals surface area contributed by atoms with Crippen molar-refractivity contribution in [2.45, 2.75) is 26.4 Å². The Labute approximate surface area is 116 Å². The molecule has 106 valence electrons. The van der Waals surface area contributed by atoms with Crippen molar-refractivity contribution in [3.05, 3.63) is 70.5 Å². The zero-order valence-corrected chi connectivity index (χ0v) is 11.4. The molecule has 0 aliphatic rings. The van der Waals surface area contributed by atoms with Gasteiger partial charge < -0.3 is 5.32 Å². The van der Waals surface area contributed by atoms with Gasteiger partial charge in [-0.1, -0.05) is 12.1 Å². The number of halogens is 3. The van der Waals surface area contributed by atoms with Crippen molar-refractivity contribution in [2.75, 3.05) is 0 Å². The molecule has 1 nitrogen and oxygen atoms in total. The number of benzene rings is 2. The van der Waals surface area contributed by atoms with E-state index >= 15 is 0 Å². The van der Waals surface area contributed by atoms with Gasteiger partial charge in [-0.05, 0) is 49.2 Å². The molecule has 1 atom stereocenters. The van der Waals surface area contributed by atoms with Crippen molar-refractivity contribution in [3.63, 3.8) is 0 Å². The zero-order chi connectivity index (χ0) is 14.7. The summed E-state index contributed by atoms with van der Waals surface area (Å²) in [7, 11) is 0. The van der Waals surface area contributed by atoms with Gasteiger partial charge in [-0.25, -0.2) is 13.2 Å². The predicted molar refractivity (Wildman–Crippen MR) is 72.7 cm³/mol. The van der Waals surface area contributed by atoms with Gasteiger partial charge in [0.2, 0.25) is 0 Å². The number of rotatable bonds is 4. The average molecular weight is 279 g/mol. The summed E-state index contributed by atoms with van der Waals surface area (Å²) >= 11 is 0. The summed E-state index contributed by atoms with van der Waals surface area (Å²) in [5, 5.41) is 3.06. The molecule has 0 aromatic heterocycles. The van der Waals surface area contributed by atoms with Crippen LogP contribution >= 0.6 is 0 Å². The fourth-order valence-electron chi connectivity index (χ4n) is 1.94. The Morgan fingerprint density at radius 2 is 1.75 bits per heavy atom. The summed E-state index contributed by atoms with van der Waals surface area (Å²) in [6.45, 7) is 3.72. The summed E-state index contributed by atoms with van der Waals surface area (Å²) in [5.41, 5.74) is 1.60. The minimum absolute atomic E-state index is 0.159. The molecule has 0 saturated heterocycles. The Morgan fingerprint density at radius 3 is 2.45 bits per heavy atom. The second-order valence-corrected chi connectivity index (χ2v) is 4.85. The smallest absolute Gasteiger partial charge is 0.127 e. The third kappa shape index (κ3) is 3.39. The van der Waals surface area contributed by atoms with Gasteiger partial charge in [0.05, 0.1) is 0 Å². The van der Waals surface area contributed by atoms with Gasteiger partial charge in [-0.3, -0.25) is 0 Å². The van der Waals surface area contributed by atoms with Crippen LogP contribution in [0.25, 0.3) is 0 Å². The molecule has 0 aliphatic carbocycles. The first kappa shape index (κ1) is 14.6. The van der Waals surface area contributed by atoms with Gasteiger partial charge in [0.1, 0.15) is 17.5 Å². The van der Waals surface area contributed by atoms with Crippen LogP contribution in [-0.2, 0) is 6.54 Å². The monoisotopic (exact) mass is 279 g/mol. The lowest BCUT2D eigenvalue weighted by Crippen LogP contribution is -2.19.